The molecule has 0 fully saturated rings. The van der Waals surface area contributed by atoms with Gasteiger partial charge in [-0.2, -0.15) is 0 Å². The third-order valence-electron chi connectivity index (χ3n) is 2.67. The number of rotatable bonds is 5. The Morgan fingerprint density at radius 2 is 2.00 bits per heavy atom. The number of pyridine rings is 1. The fraction of sp³-hybridized carbons (Fsp3) is 0.133. The lowest BCUT2D eigenvalue weighted by atomic mass is 10.3. The van der Waals surface area contributed by atoms with Crippen molar-refractivity contribution in [1.82, 2.24) is 4.98 Å². The first kappa shape index (κ1) is 15.8. The maximum atomic E-state index is 11.9. The van der Waals surface area contributed by atoms with Crippen LogP contribution in [0.1, 0.15) is 10.4 Å². The second-order valence-electron chi connectivity index (χ2n) is 4.23. The highest BCUT2D eigenvalue weighted by molar-refractivity contribution is 7.98. The monoisotopic (exact) mass is 318 g/mol. The first-order valence-electron chi connectivity index (χ1n) is 6.35. The van der Waals surface area contributed by atoms with Gasteiger partial charge in [0.1, 0.15) is 10.8 Å². The lowest BCUT2D eigenvalue weighted by Gasteiger charge is -2.08. The molecule has 2 N–H and O–H groups in total. The van der Waals surface area contributed by atoms with E-state index in [2.05, 4.69) is 10.3 Å². The predicted octanol–water partition coefficient (Wildman–Crippen LogP) is 2.30. The van der Waals surface area contributed by atoms with Gasteiger partial charge in [-0.15, -0.1) is 11.8 Å². The highest BCUT2D eigenvalue weighted by Gasteiger charge is 2.14. The first-order valence-corrected chi connectivity index (χ1v) is 7.57. The minimum Gasteiger partial charge on any atom is -0.508 e. The van der Waals surface area contributed by atoms with Gasteiger partial charge in [-0.25, -0.2) is 9.78 Å². The number of nitrogens with zero attached hydrogens (tertiary/aromatic N) is 1. The molecule has 0 atom stereocenters. The maximum absolute atomic E-state index is 11.9. The molecule has 114 valence electrons. The Balaban J connectivity index is 1.90. The Morgan fingerprint density at radius 1 is 1.27 bits per heavy atom. The van der Waals surface area contributed by atoms with Crippen LogP contribution >= 0.6 is 11.8 Å². The lowest BCUT2D eigenvalue weighted by molar-refractivity contribution is -0.119. The van der Waals surface area contributed by atoms with E-state index >= 15 is 0 Å². The summed E-state index contributed by atoms with van der Waals surface area (Å²) < 4.78 is 4.97. The molecule has 0 spiro atoms. The molecule has 1 heterocycles. The van der Waals surface area contributed by atoms with Crippen LogP contribution in [0.3, 0.4) is 0 Å². The second kappa shape index (κ2) is 7.46. The molecule has 0 unspecified atom stereocenters. The van der Waals surface area contributed by atoms with E-state index in [4.69, 9.17) is 9.84 Å². The van der Waals surface area contributed by atoms with Crippen LogP contribution in [-0.4, -0.2) is 34.8 Å². The average Bonchev–Trinajstić information content (AvgIpc) is 2.54. The number of esters is 1. The van der Waals surface area contributed by atoms with Gasteiger partial charge in [-0.1, -0.05) is 0 Å². The molecular formula is C15H14N2O4S. The van der Waals surface area contributed by atoms with Crippen molar-refractivity contribution in [3.63, 3.8) is 0 Å². The lowest BCUT2D eigenvalue weighted by Crippen LogP contribution is -2.21. The number of aromatic hydroxyl groups is 1. The molecule has 0 saturated carbocycles. The minimum absolute atomic E-state index is 0.102. The largest absolute Gasteiger partial charge is 0.508 e. The zero-order chi connectivity index (χ0) is 15.9. The molecule has 0 aliphatic carbocycles. The fourth-order valence-electron chi connectivity index (χ4n) is 1.66. The van der Waals surface area contributed by atoms with Crippen molar-refractivity contribution in [2.45, 2.75) is 5.03 Å². The summed E-state index contributed by atoms with van der Waals surface area (Å²) in [6, 6.07) is 9.21. The van der Waals surface area contributed by atoms with E-state index < -0.39 is 18.5 Å². The van der Waals surface area contributed by atoms with Crippen LogP contribution in [0.5, 0.6) is 5.75 Å². The van der Waals surface area contributed by atoms with Gasteiger partial charge in [-0.3, -0.25) is 4.79 Å². The van der Waals surface area contributed by atoms with Crippen LogP contribution in [0, 0.1) is 0 Å². The topological polar surface area (TPSA) is 88.5 Å². The molecule has 2 rings (SSSR count). The van der Waals surface area contributed by atoms with Crippen LogP contribution in [-0.2, 0) is 9.53 Å². The molecule has 0 aliphatic rings. The van der Waals surface area contributed by atoms with E-state index in [0.29, 0.717) is 16.3 Å². The van der Waals surface area contributed by atoms with E-state index in [1.165, 1.54) is 23.9 Å². The summed E-state index contributed by atoms with van der Waals surface area (Å²) in [4.78, 5) is 27.7. The summed E-state index contributed by atoms with van der Waals surface area (Å²) in [5.74, 6) is -0.961. The predicted molar refractivity (Wildman–Crippen MR) is 83.0 cm³/mol. The standard InChI is InChI=1S/C15H14N2O4S/c1-22-14-12(3-2-8-16-14)15(20)21-9-13(19)17-10-4-6-11(18)7-5-10/h2-8,18H,9H2,1H3,(H,17,19). The molecule has 7 heteroatoms. The number of carbonyl (C=O) groups is 2. The third kappa shape index (κ3) is 4.23. The molecule has 1 amide bonds. The molecule has 0 bridgehead atoms. The molecule has 22 heavy (non-hydrogen) atoms. The van der Waals surface area contributed by atoms with Gasteiger partial charge < -0.3 is 15.2 Å². The number of ether oxygens (including phenoxy) is 1. The van der Waals surface area contributed by atoms with Gasteiger partial charge in [0.15, 0.2) is 6.61 Å². The zero-order valence-electron chi connectivity index (χ0n) is 11.8. The molecule has 1 aromatic carbocycles. The van der Waals surface area contributed by atoms with Crippen LogP contribution < -0.4 is 5.32 Å². The number of aromatic nitrogens is 1. The first-order chi connectivity index (χ1) is 10.6. The number of carbonyl (C=O) groups excluding carboxylic acids is 2. The number of benzene rings is 1. The summed E-state index contributed by atoms with van der Waals surface area (Å²) in [6.07, 6.45) is 3.39. The number of phenolic OH excluding ortho intramolecular Hbond substituents is 1. The van der Waals surface area contributed by atoms with Crippen LogP contribution in [0.25, 0.3) is 0 Å². The highest BCUT2D eigenvalue weighted by Crippen LogP contribution is 2.17. The SMILES string of the molecule is CSc1ncccc1C(=O)OCC(=O)Nc1ccc(O)cc1. The molecule has 2 aromatic rings. The van der Waals surface area contributed by atoms with Crippen molar-refractivity contribution in [1.29, 1.82) is 0 Å². The van der Waals surface area contributed by atoms with Crippen molar-refractivity contribution in [3.05, 3.63) is 48.2 Å². The van der Waals surface area contributed by atoms with Crippen molar-refractivity contribution >= 4 is 29.3 Å². The summed E-state index contributed by atoms with van der Waals surface area (Å²) in [7, 11) is 0. The summed E-state index contributed by atoms with van der Waals surface area (Å²) in [6.45, 7) is -0.400. The number of hydrogen-bond donors (Lipinski definition) is 2. The quantitative estimate of drug-likeness (QED) is 0.499. The van der Waals surface area contributed by atoms with Crippen LogP contribution in [0.4, 0.5) is 5.69 Å². The molecule has 6 nitrogen and oxygen atoms in total. The van der Waals surface area contributed by atoms with Crippen molar-refractivity contribution in [3.8, 4) is 5.75 Å². The number of anilines is 1. The van der Waals surface area contributed by atoms with Crippen LogP contribution in [0.15, 0.2) is 47.6 Å². The minimum atomic E-state index is -0.599. The Kier molecular flexibility index (Phi) is 5.37. The van der Waals surface area contributed by atoms with Crippen molar-refractivity contribution in [2.75, 3.05) is 18.2 Å². The number of amides is 1. The van der Waals surface area contributed by atoms with Gasteiger partial charge >= 0.3 is 5.97 Å². The Bertz CT molecular complexity index is 673. The normalized spacial score (nSPS) is 10.0. The molecule has 0 saturated heterocycles. The summed E-state index contributed by atoms with van der Waals surface area (Å²) >= 11 is 1.33. The highest BCUT2D eigenvalue weighted by atomic mass is 32.2. The number of phenols is 1. The Labute approximate surface area is 131 Å². The molecule has 0 radical (unpaired) electrons. The Morgan fingerprint density at radius 3 is 2.68 bits per heavy atom. The smallest absolute Gasteiger partial charge is 0.341 e. The number of thioether (sulfide) groups is 1. The van der Waals surface area contributed by atoms with Gasteiger partial charge in [0, 0.05) is 11.9 Å². The summed E-state index contributed by atoms with van der Waals surface area (Å²) in [5.41, 5.74) is 0.831. The third-order valence-corrected chi connectivity index (χ3v) is 3.38. The molecule has 1 aromatic heterocycles. The molecule has 0 aliphatic heterocycles. The fourth-order valence-corrected chi connectivity index (χ4v) is 2.20. The molecular weight excluding hydrogens is 304 g/mol. The second-order valence-corrected chi connectivity index (χ2v) is 5.03. The zero-order valence-corrected chi connectivity index (χ0v) is 12.6. The van der Waals surface area contributed by atoms with Gasteiger partial charge in [0.05, 0.1) is 5.56 Å². The van der Waals surface area contributed by atoms with Crippen LogP contribution in [0.2, 0.25) is 0 Å². The Hall–Kier alpha value is -2.54. The number of nitrogens with one attached hydrogen (secondary N) is 1. The van der Waals surface area contributed by atoms with Crippen molar-refractivity contribution in [2.24, 2.45) is 0 Å². The van der Waals surface area contributed by atoms with Crippen molar-refractivity contribution < 1.29 is 19.4 Å². The van der Waals surface area contributed by atoms with E-state index in [1.54, 1.807) is 36.7 Å². The van der Waals surface area contributed by atoms with E-state index in [-0.39, 0.29) is 5.75 Å². The average molecular weight is 318 g/mol. The maximum Gasteiger partial charge on any atom is 0.341 e. The van der Waals surface area contributed by atoms with E-state index in [0.717, 1.165) is 0 Å². The van der Waals surface area contributed by atoms with Gasteiger partial charge in [-0.05, 0) is 42.7 Å². The number of hydrogen-bond acceptors (Lipinski definition) is 6. The summed E-state index contributed by atoms with van der Waals surface area (Å²) in [5, 5.41) is 12.3. The van der Waals surface area contributed by atoms with Gasteiger partial charge in [0.25, 0.3) is 5.91 Å². The van der Waals surface area contributed by atoms with E-state index in [9.17, 15) is 9.59 Å². The van der Waals surface area contributed by atoms with E-state index in [1.807, 2.05) is 0 Å². The van der Waals surface area contributed by atoms with Gasteiger partial charge in [0.2, 0.25) is 0 Å².